The van der Waals surface area contributed by atoms with E-state index in [1.807, 2.05) is 11.9 Å². The van der Waals surface area contributed by atoms with Gasteiger partial charge in [0.05, 0.1) is 18.8 Å². The molecule has 1 N–H and O–H groups in total. The number of β-amino-alcohol motifs (C(OH)–C–C–N with tert-alkyl or cyclic N) is 1. The molecule has 1 aromatic carbocycles. The highest BCUT2D eigenvalue weighted by Crippen LogP contribution is 2.34. The summed E-state index contributed by atoms with van der Waals surface area (Å²) in [6.45, 7) is 0.929. The van der Waals surface area contributed by atoms with Gasteiger partial charge in [-0.05, 0) is 24.1 Å². The van der Waals surface area contributed by atoms with Gasteiger partial charge in [-0.15, -0.1) is 0 Å². The summed E-state index contributed by atoms with van der Waals surface area (Å²) in [5.74, 6) is -0.990. The van der Waals surface area contributed by atoms with Crippen LogP contribution in [0, 0.1) is 11.6 Å². The second-order valence-electron chi connectivity index (χ2n) is 5.56. The van der Waals surface area contributed by atoms with Crippen LogP contribution in [0.1, 0.15) is 23.9 Å². The molecule has 7 heteroatoms. The fraction of sp³-hybridized carbons (Fsp3) is 0.400. The fourth-order valence-electron chi connectivity index (χ4n) is 2.87. The van der Waals surface area contributed by atoms with Crippen LogP contribution in [-0.2, 0) is 13.6 Å². The van der Waals surface area contributed by atoms with Crippen LogP contribution in [0.4, 0.5) is 8.78 Å². The number of hydrogen-bond acceptors (Lipinski definition) is 3. The van der Waals surface area contributed by atoms with Gasteiger partial charge in [-0.2, -0.15) is 0 Å². The molecular formula is C15H16ClF2N3O. The summed E-state index contributed by atoms with van der Waals surface area (Å²) in [6.07, 6.45) is 1.54. The molecule has 0 saturated carbocycles. The average molecular weight is 328 g/mol. The van der Waals surface area contributed by atoms with Gasteiger partial charge in [0.2, 0.25) is 0 Å². The number of nitrogens with zero attached hydrogens (tertiary/aromatic N) is 3. The zero-order valence-electron chi connectivity index (χ0n) is 12.0. The molecule has 1 aliphatic heterocycles. The smallest absolute Gasteiger partial charge is 0.159 e. The zero-order chi connectivity index (χ0) is 15.9. The van der Waals surface area contributed by atoms with Gasteiger partial charge in [-0.1, -0.05) is 17.7 Å². The van der Waals surface area contributed by atoms with E-state index in [2.05, 4.69) is 4.98 Å². The molecule has 0 spiro atoms. The lowest BCUT2D eigenvalue weighted by molar-refractivity contribution is 0.171. The molecule has 0 radical (unpaired) electrons. The van der Waals surface area contributed by atoms with Gasteiger partial charge in [0.1, 0.15) is 11.0 Å². The highest BCUT2D eigenvalue weighted by atomic mass is 35.5. The molecule has 2 atom stereocenters. The maximum Gasteiger partial charge on any atom is 0.159 e. The number of halogens is 3. The van der Waals surface area contributed by atoms with E-state index in [0.717, 1.165) is 11.9 Å². The van der Waals surface area contributed by atoms with Gasteiger partial charge in [0, 0.05) is 19.6 Å². The molecular weight excluding hydrogens is 312 g/mol. The summed E-state index contributed by atoms with van der Waals surface area (Å²) in [4.78, 5) is 6.23. The van der Waals surface area contributed by atoms with Crippen LogP contribution < -0.4 is 0 Å². The molecule has 118 valence electrons. The molecule has 0 aliphatic carbocycles. The topological polar surface area (TPSA) is 41.3 Å². The predicted octanol–water partition coefficient (Wildman–Crippen LogP) is 2.66. The Morgan fingerprint density at radius 3 is 2.77 bits per heavy atom. The first kappa shape index (κ1) is 15.4. The number of aliphatic hydroxyl groups excluding tert-OH is 1. The molecule has 2 heterocycles. The third-order valence-electron chi connectivity index (χ3n) is 4.08. The fourth-order valence-corrected chi connectivity index (χ4v) is 3.02. The Hall–Kier alpha value is -1.50. The van der Waals surface area contributed by atoms with Crippen molar-refractivity contribution >= 4 is 11.6 Å². The van der Waals surface area contributed by atoms with Crippen LogP contribution in [0.25, 0.3) is 0 Å². The Bertz CT molecular complexity index is 691. The van der Waals surface area contributed by atoms with Crippen molar-refractivity contribution in [2.24, 2.45) is 7.05 Å². The molecule has 1 saturated heterocycles. The Kier molecular flexibility index (Phi) is 4.16. The van der Waals surface area contributed by atoms with Crippen molar-refractivity contribution in [2.45, 2.75) is 25.1 Å². The van der Waals surface area contributed by atoms with Gasteiger partial charge >= 0.3 is 0 Å². The van der Waals surface area contributed by atoms with E-state index in [0.29, 0.717) is 30.2 Å². The monoisotopic (exact) mass is 327 g/mol. The number of aliphatic hydroxyl groups is 1. The van der Waals surface area contributed by atoms with Crippen molar-refractivity contribution < 1.29 is 13.9 Å². The van der Waals surface area contributed by atoms with Crippen LogP contribution in [0.3, 0.4) is 0 Å². The number of imidazole rings is 1. The van der Waals surface area contributed by atoms with Crippen LogP contribution >= 0.6 is 11.6 Å². The van der Waals surface area contributed by atoms with Crippen LogP contribution in [0.2, 0.25) is 5.15 Å². The molecule has 1 fully saturated rings. The second-order valence-corrected chi connectivity index (χ2v) is 5.95. The molecule has 0 unspecified atom stereocenters. The van der Waals surface area contributed by atoms with Crippen LogP contribution in [-0.4, -0.2) is 32.2 Å². The number of rotatable bonds is 3. The predicted molar refractivity (Wildman–Crippen MR) is 78.4 cm³/mol. The summed E-state index contributed by atoms with van der Waals surface area (Å²) in [6, 6.07) is 3.68. The molecule has 4 nitrogen and oxygen atoms in total. The minimum Gasteiger partial charge on any atom is -0.392 e. The normalized spacial score (nSPS) is 22.4. The molecule has 1 aromatic heterocycles. The third-order valence-corrected chi connectivity index (χ3v) is 4.43. The molecule has 0 bridgehead atoms. The summed E-state index contributed by atoms with van der Waals surface area (Å²) in [5, 5.41) is 10.5. The van der Waals surface area contributed by atoms with E-state index >= 15 is 0 Å². The van der Waals surface area contributed by atoms with E-state index in [-0.39, 0.29) is 6.04 Å². The third kappa shape index (κ3) is 2.86. The van der Waals surface area contributed by atoms with E-state index < -0.39 is 17.7 Å². The Labute approximate surface area is 131 Å². The van der Waals surface area contributed by atoms with E-state index in [1.54, 1.807) is 16.8 Å². The zero-order valence-corrected chi connectivity index (χ0v) is 12.8. The lowest BCUT2D eigenvalue weighted by Gasteiger charge is -2.24. The molecule has 2 aromatic rings. The van der Waals surface area contributed by atoms with Gasteiger partial charge in [-0.3, -0.25) is 4.90 Å². The van der Waals surface area contributed by atoms with E-state index in [9.17, 15) is 13.9 Å². The van der Waals surface area contributed by atoms with Crippen molar-refractivity contribution in [2.75, 3.05) is 6.54 Å². The van der Waals surface area contributed by atoms with Gasteiger partial charge < -0.3 is 9.67 Å². The first-order chi connectivity index (χ1) is 10.5. The van der Waals surface area contributed by atoms with Crippen molar-refractivity contribution in [3.05, 3.63) is 52.6 Å². The Morgan fingerprint density at radius 1 is 1.36 bits per heavy atom. The van der Waals surface area contributed by atoms with E-state index in [4.69, 9.17) is 11.6 Å². The maximum atomic E-state index is 13.5. The first-order valence-electron chi connectivity index (χ1n) is 6.99. The van der Waals surface area contributed by atoms with Crippen molar-refractivity contribution in [1.82, 2.24) is 14.5 Å². The summed E-state index contributed by atoms with van der Waals surface area (Å²) < 4.78 is 28.3. The Morgan fingerprint density at radius 2 is 2.14 bits per heavy atom. The first-order valence-corrected chi connectivity index (χ1v) is 7.36. The molecule has 3 rings (SSSR count). The maximum absolute atomic E-state index is 13.5. The second kappa shape index (κ2) is 5.95. The minimum absolute atomic E-state index is 0.180. The van der Waals surface area contributed by atoms with E-state index in [1.165, 1.54) is 6.07 Å². The standard InChI is InChI=1S/C15H16ClF2N3O/c1-20-14(16)6-19-15(20)8-21-7-10(22)5-13(21)9-2-3-11(17)12(18)4-9/h2-4,6,10,13,22H,5,7-8H2,1H3/t10-,13+/m0/s1. The van der Waals surface area contributed by atoms with Crippen molar-refractivity contribution in [3.63, 3.8) is 0 Å². The molecule has 22 heavy (non-hydrogen) atoms. The van der Waals surface area contributed by atoms with Gasteiger partial charge in [0.25, 0.3) is 0 Å². The number of hydrogen-bond donors (Lipinski definition) is 1. The average Bonchev–Trinajstić information content (AvgIpc) is 2.99. The minimum atomic E-state index is -0.876. The Balaban J connectivity index is 1.85. The highest BCUT2D eigenvalue weighted by Gasteiger charge is 2.33. The van der Waals surface area contributed by atoms with Gasteiger partial charge in [0.15, 0.2) is 11.6 Å². The van der Waals surface area contributed by atoms with Crippen LogP contribution in [0.5, 0.6) is 0 Å². The number of benzene rings is 1. The lowest BCUT2D eigenvalue weighted by Crippen LogP contribution is -2.26. The quantitative estimate of drug-likeness (QED) is 0.942. The molecule has 0 amide bonds. The summed E-state index contributed by atoms with van der Waals surface area (Å²) in [7, 11) is 1.81. The van der Waals surface area contributed by atoms with Crippen molar-refractivity contribution in [1.29, 1.82) is 0 Å². The number of aromatic nitrogens is 2. The highest BCUT2D eigenvalue weighted by molar-refractivity contribution is 6.29. The number of likely N-dealkylation sites (tertiary alicyclic amines) is 1. The van der Waals surface area contributed by atoms with Crippen LogP contribution in [0.15, 0.2) is 24.4 Å². The van der Waals surface area contributed by atoms with Crippen molar-refractivity contribution in [3.8, 4) is 0 Å². The molecule has 1 aliphatic rings. The lowest BCUT2D eigenvalue weighted by atomic mass is 10.0. The summed E-state index contributed by atoms with van der Waals surface area (Å²) >= 11 is 5.98. The van der Waals surface area contributed by atoms with Gasteiger partial charge in [-0.25, -0.2) is 13.8 Å². The largest absolute Gasteiger partial charge is 0.392 e. The summed E-state index contributed by atoms with van der Waals surface area (Å²) in [5.41, 5.74) is 0.649. The SMILES string of the molecule is Cn1c(Cl)cnc1CN1C[C@@H](O)C[C@@H]1c1ccc(F)c(F)c1.